The van der Waals surface area contributed by atoms with E-state index < -0.39 is 0 Å². The van der Waals surface area contributed by atoms with Gasteiger partial charge in [0.25, 0.3) is 0 Å². The number of nitrogens with one attached hydrogen (secondary N) is 1. The van der Waals surface area contributed by atoms with Crippen molar-refractivity contribution in [1.29, 1.82) is 0 Å². The summed E-state index contributed by atoms with van der Waals surface area (Å²) < 4.78 is 12.9. The van der Waals surface area contributed by atoms with Gasteiger partial charge in [-0.3, -0.25) is 0 Å². The fourth-order valence-electron chi connectivity index (χ4n) is 1.42. The SMILES string of the molecule is COc1cc(Br)c(OC(C)CNC(C)C)cc1Br. The summed E-state index contributed by atoms with van der Waals surface area (Å²) in [4.78, 5) is 0. The van der Waals surface area contributed by atoms with Crippen LogP contribution >= 0.6 is 31.9 Å². The molecule has 3 nitrogen and oxygen atoms in total. The van der Waals surface area contributed by atoms with E-state index in [1.807, 2.05) is 19.1 Å². The Hall–Kier alpha value is -0.260. The van der Waals surface area contributed by atoms with Gasteiger partial charge < -0.3 is 14.8 Å². The highest BCUT2D eigenvalue weighted by atomic mass is 79.9. The molecular formula is C13H19Br2NO2. The molecule has 0 radical (unpaired) electrons. The third kappa shape index (κ3) is 4.78. The van der Waals surface area contributed by atoms with Crippen molar-refractivity contribution in [3.05, 3.63) is 21.1 Å². The maximum Gasteiger partial charge on any atom is 0.135 e. The van der Waals surface area contributed by atoms with Crippen LogP contribution in [0.2, 0.25) is 0 Å². The molecule has 102 valence electrons. The van der Waals surface area contributed by atoms with Crippen LogP contribution in [-0.4, -0.2) is 25.8 Å². The fraction of sp³-hybridized carbons (Fsp3) is 0.538. The lowest BCUT2D eigenvalue weighted by Gasteiger charge is -2.18. The Morgan fingerprint density at radius 2 is 1.67 bits per heavy atom. The minimum Gasteiger partial charge on any atom is -0.496 e. The van der Waals surface area contributed by atoms with Gasteiger partial charge in [0.1, 0.15) is 17.6 Å². The van der Waals surface area contributed by atoms with Gasteiger partial charge in [-0.2, -0.15) is 0 Å². The fourth-order valence-corrected chi connectivity index (χ4v) is 2.32. The van der Waals surface area contributed by atoms with Crippen molar-refractivity contribution in [3.8, 4) is 11.5 Å². The third-order valence-electron chi connectivity index (χ3n) is 2.35. The van der Waals surface area contributed by atoms with Crippen molar-refractivity contribution in [2.24, 2.45) is 0 Å². The third-order valence-corrected chi connectivity index (χ3v) is 3.59. The van der Waals surface area contributed by atoms with Crippen LogP contribution in [0.15, 0.2) is 21.1 Å². The highest BCUT2D eigenvalue weighted by Gasteiger charge is 2.11. The lowest BCUT2D eigenvalue weighted by molar-refractivity contribution is 0.212. The molecule has 0 aliphatic rings. The maximum atomic E-state index is 5.88. The number of ether oxygens (including phenoxy) is 2. The summed E-state index contributed by atoms with van der Waals surface area (Å²) in [6.45, 7) is 7.09. The highest BCUT2D eigenvalue weighted by molar-refractivity contribution is 9.11. The van der Waals surface area contributed by atoms with Crippen LogP contribution in [0.1, 0.15) is 20.8 Å². The largest absolute Gasteiger partial charge is 0.496 e. The monoisotopic (exact) mass is 379 g/mol. The molecule has 0 fully saturated rings. The Morgan fingerprint density at radius 3 is 2.22 bits per heavy atom. The first-order chi connectivity index (χ1) is 8.43. The number of rotatable bonds is 6. The van der Waals surface area contributed by atoms with E-state index in [1.165, 1.54) is 0 Å². The zero-order valence-electron chi connectivity index (χ0n) is 11.1. The summed E-state index contributed by atoms with van der Waals surface area (Å²) in [5.74, 6) is 1.59. The second-order valence-corrected chi connectivity index (χ2v) is 6.12. The molecule has 18 heavy (non-hydrogen) atoms. The molecule has 0 aliphatic heterocycles. The molecule has 0 bridgehead atoms. The van der Waals surface area contributed by atoms with Crippen LogP contribution < -0.4 is 14.8 Å². The van der Waals surface area contributed by atoms with Gasteiger partial charge in [-0.15, -0.1) is 0 Å². The van der Waals surface area contributed by atoms with E-state index in [9.17, 15) is 0 Å². The molecule has 0 aliphatic carbocycles. The summed E-state index contributed by atoms with van der Waals surface area (Å²) in [6.07, 6.45) is 0.101. The molecular weight excluding hydrogens is 362 g/mol. The first-order valence-corrected chi connectivity index (χ1v) is 7.45. The van der Waals surface area contributed by atoms with Crippen LogP contribution in [0.5, 0.6) is 11.5 Å². The van der Waals surface area contributed by atoms with E-state index >= 15 is 0 Å². The van der Waals surface area contributed by atoms with Gasteiger partial charge >= 0.3 is 0 Å². The maximum absolute atomic E-state index is 5.88. The summed E-state index contributed by atoms with van der Waals surface area (Å²) in [7, 11) is 1.64. The quantitative estimate of drug-likeness (QED) is 0.809. The molecule has 5 heteroatoms. The van der Waals surface area contributed by atoms with Crippen molar-refractivity contribution < 1.29 is 9.47 Å². The molecule has 1 unspecified atom stereocenters. The van der Waals surface area contributed by atoms with Crippen LogP contribution in [0.3, 0.4) is 0 Å². The lowest BCUT2D eigenvalue weighted by Crippen LogP contribution is -2.33. The molecule has 0 amide bonds. The topological polar surface area (TPSA) is 30.5 Å². The first-order valence-electron chi connectivity index (χ1n) is 5.87. The normalized spacial score (nSPS) is 12.6. The van der Waals surface area contributed by atoms with Crippen molar-refractivity contribution in [2.75, 3.05) is 13.7 Å². The number of hydrogen-bond donors (Lipinski definition) is 1. The smallest absolute Gasteiger partial charge is 0.135 e. The van der Waals surface area contributed by atoms with Gasteiger partial charge in [-0.1, -0.05) is 13.8 Å². The molecule has 0 spiro atoms. The van der Waals surface area contributed by atoms with Crippen LogP contribution in [0, 0.1) is 0 Å². The zero-order chi connectivity index (χ0) is 13.7. The van der Waals surface area contributed by atoms with Crippen LogP contribution in [-0.2, 0) is 0 Å². The first kappa shape index (κ1) is 15.8. The molecule has 1 rings (SSSR count). The molecule has 0 heterocycles. The number of benzene rings is 1. The molecule has 1 aromatic rings. The van der Waals surface area contributed by atoms with Gasteiger partial charge in [0, 0.05) is 12.6 Å². The van der Waals surface area contributed by atoms with E-state index in [2.05, 4.69) is 51.0 Å². The lowest BCUT2D eigenvalue weighted by atomic mass is 10.3. The van der Waals surface area contributed by atoms with Crippen LogP contribution in [0.4, 0.5) is 0 Å². The average molecular weight is 381 g/mol. The predicted molar refractivity (Wildman–Crippen MR) is 81.6 cm³/mol. The van der Waals surface area contributed by atoms with E-state index in [4.69, 9.17) is 9.47 Å². The van der Waals surface area contributed by atoms with E-state index in [0.29, 0.717) is 6.04 Å². The average Bonchev–Trinajstić information content (AvgIpc) is 2.30. The number of hydrogen-bond acceptors (Lipinski definition) is 3. The number of methoxy groups -OCH3 is 1. The molecule has 0 saturated carbocycles. The summed E-state index contributed by atoms with van der Waals surface area (Å²) in [6, 6.07) is 4.26. The van der Waals surface area contributed by atoms with E-state index in [1.54, 1.807) is 7.11 Å². The summed E-state index contributed by atoms with van der Waals surface area (Å²) in [5, 5.41) is 3.35. The van der Waals surface area contributed by atoms with Crippen molar-refractivity contribution >= 4 is 31.9 Å². The van der Waals surface area contributed by atoms with E-state index in [0.717, 1.165) is 27.0 Å². The predicted octanol–water partition coefficient (Wildman–Crippen LogP) is 3.99. The Morgan fingerprint density at radius 1 is 1.11 bits per heavy atom. The summed E-state index contributed by atoms with van der Waals surface area (Å²) >= 11 is 6.94. The van der Waals surface area contributed by atoms with Gasteiger partial charge in [0.15, 0.2) is 0 Å². The summed E-state index contributed by atoms with van der Waals surface area (Å²) in [5.41, 5.74) is 0. The molecule has 1 N–H and O–H groups in total. The molecule has 0 aromatic heterocycles. The Balaban J connectivity index is 2.69. The zero-order valence-corrected chi connectivity index (χ0v) is 14.3. The second-order valence-electron chi connectivity index (χ2n) is 4.41. The minimum absolute atomic E-state index is 0.101. The van der Waals surface area contributed by atoms with Gasteiger partial charge in [-0.05, 0) is 50.9 Å². The van der Waals surface area contributed by atoms with Crippen molar-refractivity contribution in [1.82, 2.24) is 5.32 Å². The second kappa shape index (κ2) is 7.36. The standard InChI is InChI=1S/C13H19Br2NO2/c1-8(2)16-7-9(3)18-13-6-10(14)12(17-4)5-11(13)15/h5-6,8-9,16H,7H2,1-4H3. The van der Waals surface area contributed by atoms with Gasteiger partial charge in [0.2, 0.25) is 0 Å². The Bertz CT molecular complexity index is 397. The van der Waals surface area contributed by atoms with Crippen LogP contribution in [0.25, 0.3) is 0 Å². The van der Waals surface area contributed by atoms with Crippen molar-refractivity contribution in [2.45, 2.75) is 32.9 Å². The number of halogens is 2. The molecule has 0 saturated heterocycles. The Kier molecular flexibility index (Phi) is 6.46. The minimum atomic E-state index is 0.101. The van der Waals surface area contributed by atoms with E-state index in [-0.39, 0.29) is 6.10 Å². The highest BCUT2D eigenvalue weighted by Crippen LogP contribution is 2.36. The molecule has 1 atom stereocenters. The van der Waals surface area contributed by atoms with Gasteiger partial charge in [-0.25, -0.2) is 0 Å². The van der Waals surface area contributed by atoms with Gasteiger partial charge in [0.05, 0.1) is 16.1 Å². The Labute approximate surface area is 125 Å². The van der Waals surface area contributed by atoms with Crippen molar-refractivity contribution in [3.63, 3.8) is 0 Å². The molecule has 1 aromatic carbocycles.